The molecule has 1 N–H and O–H groups in total. The summed E-state index contributed by atoms with van der Waals surface area (Å²) in [4.78, 5) is 26.3. The summed E-state index contributed by atoms with van der Waals surface area (Å²) in [5.41, 5.74) is -0.0553. The molecule has 0 radical (unpaired) electrons. The van der Waals surface area contributed by atoms with Gasteiger partial charge in [0.05, 0.1) is 54.8 Å². The lowest BCUT2D eigenvalue weighted by Crippen LogP contribution is -2.55. The largest absolute Gasteiger partial charge is 0.497 e. The van der Waals surface area contributed by atoms with Crippen LogP contribution in [0.3, 0.4) is 0 Å². The van der Waals surface area contributed by atoms with Gasteiger partial charge < -0.3 is 23.9 Å². The van der Waals surface area contributed by atoms with E-state index in [9.17, 15) is 18.8 Å². The first-order chi connectivity index (χ1) is 24.1. The van der Waals surface area contributed by atoms with Gasteiger partial charge in [0, 0.05) is 50.4 Å². The molecule has 7 rings (SSSR count). The minimum atomic E-state index is -4.53. The summed E-state index contributed by atoms with van der Waals surface area (Å²) < 4.78 is 47.1. The van der Waals surface area contributed by atoms with Crippen molar-refractivity contribution in [3.63, 3.8) is 0 Å². The number of aliphatic hydroxyl groups is 1. The molecule has 1 unspecified atom stereocenters. The number of anilines is 1. The molecule has 2 fully saturated rings. The molecule has 4 heterocycles. The standard InChI is InChI=1S/C36H38N6O7S/c1-39-13-15-40(16-14-39)22-25-5-11-33(48-3)30(19-25)36(41-23-26(43)20-32(41)34-38-12-17-49-34)29-18-24(21-37)4-10-31(29)42(35(36)44)50(45,46)28-8-6-27(47-2)7-9-28/h4-12,17-19,26,32,43H,13-16,20,22-23H2,1-3H3/t26-,32+,36?/m1/s1. The van der Waals surface area contributed by atoms with E-state index in [4.69, 9.17) is 13.9 Å². The van der Waals surface area contributed by atoms with Gasteiger partial charge >= 0.3 is 0 Å². The van der Waals surface area contributed by atoms with Crippen LogP contribution in [-0.4, -0.2) is 99.2 Å². The van der Waals surface area contributed by atoms with E-state index in [0.29, 0.717) is 23.6 Å². The van der Waals surface area contributed by atoms with Gasteiger partial charge in [-0.3, -0.25) is 14.6 Å². The number of carbonyl (C=O) groups excluding carboxylic acids is 1. The number of aliphatic hydroxyl groups excluding tert-OH is 1. The third-order valence-corrected chi connectivity index (χ3v) is 11.6. The number of oxazole rings is 1. The number of hydrogen-bond donors (Lipinski definition) is 1. The van der Waals surface area contributed by atoms with Crippen LogP contribution < -0.4 is 13.8 Å². The Kier molecular flexibility index (Phi) is 8.87. The number of likely N-dealkylation sites (tertiary alicyclic amines) is 1. The number of carbonyl (C=O) groups is 1. The fourth-order valence-corrected chi connectivity index (χ4v) is 8.91. The molecule has 0 bridgehead atoms. The van der Waals surface area contributed by atoms with Gasteiger partial charge in [0.25, 0.3) is 15.9 Å². The minimum Gasteiger partial charge on any atom is -0.497 e. The van der Waals surface area contributed by atoms with E-state index in [1.54, 1.807) is 17.0 Å². The predicted molar refractivity (Wildman–Crippen MR) is 182 cm³/mol. The summed E-state index contributed by atoms with van der Waals surface area (Å²) in [5, 5.41) is 21.3. The molecule has 0 saturated carbocycles. The molecule has 0 spiro atoms. The lowest BCUT2D eigenvalue weighted by molar-refractivity contribution is -0.127. The zero-order valence-electron chi connectivity index (χ0n) is 28.0. The first kappa shape index (κ1) is 33.7. The number of aromatic nitrogens is 1. The van der Waals surface area contributed by atoms with Crippen molar-refractivity contribution in [1.82, 2.24) is 19.7 Å². The van der Waals surface area contributed by atoms with Crippen LogP contribution in [0.5, 0.6) is 11.5 Å². The molecule has 2 saturated heterocycles. The molecule has 50 heavy (non-hydrogen) atoms. The second-order valence-corrected chi connectivity index (χ2v) is 14.6. The summed E-state index contributed by atoms with van der Waals surface area (Å²) in [6.07, 6.45) is 2.16. The molecule has 1 aromatic heterocycles. The molecular weight excluding hydrogens is 660 g/mol. The summed E-state index contributed by atoms with van der Waals surface area (Å²) >= 11 is 0. The number of methoxy groups -OCH3 is 2. The van der Waals surface area contributed by atoms with Crippen LogP contribution >= 0.6 is 0 Å². The topological polar surface area (TPSA) is 153 Å². The van der Waals surface area contributed by atoms with Crippen molar-refractivity contribution < 1.29 is 32.2 Å². The van der Waals surface area contributed by atoms with E-state index < -0.39 is 33.6 Å². The number of nitrogens with zero attached hydrogens (tertiary/aromatic N) is 6. The monoisotopic (exact) mass is 698 g/mol. The number of fused-ring (bicyclic) bond motifs is 1. The molecule has 14 heteroatoms. The van der Waals surface area contributed by atoms with E-state index >= 15 is 4.79 Å². The van der Waals surface area contributed by atoms with Crippen LogP contribution in [0.4, 0.5) is 5.69 Å². The van der Waals surface area contributed by atoms with Crippen LogP contribution in [0.15, 0.2) is 82.4 Å². The van der Waals surface area contributed by atoms with Crippen molar-refractivity contribution in [2.45, 2.75) is 35.5 Å². The van der Waals surface area contributed by atoms with E-state index in [-0.39, 0.29) is 40.6 Å². The van der Waals surface area contributed by atoms with E-state index in [1.807, 2.05) is 12.1 Å². The van der Waals surface area contributed by atoms with Crippen LogP contribution in [0, 0.1) is 11.3 Å². The first-order valence-corrected chi connectivity index (χ1v) is 17.8. The quantitative estimate of drug-likeness (QED) is 0.273. The summed E-state index contributed by atoms with van der Waals surface area (Å²) in [5.74, 6) is 0.242. The van der Waals surface area contributed by atoms with Gasteiger partial charge in [0.15, 0.2) is 5.54 Å². The zero-order chi connectivity index (χ0) is 35.2. The lowest BCUT2D eigenvalue weighted by Gasteiger charge is -2.41. The Bertz CT molecular complexity index is 2040. The zero-order valence-corrected chi connectivity index (χ0v) is 28.8. The number of ether oxygens (including phenoxy) is 2. The molecule has 1 amide bonds. The third kappa shape index (κ3) is 5.51. The van der Waals surface area contributed by atoms with Crippen LogP contribution in [0.25, 0.3) is 0 Å². The molecule has 4 aromatic rings. The van der Waals surface area contributed by atoms with Crippen molar-refractivity contribution in [3.05, 3.63) is 101 Å². The molecule has 3 atom stereocenters. The number of sulfonamides is 1. The average molecular weight is 699 g/mol. The fourth-order valence-electron chi connectivity index (χ4n) is 7.45. The Morgan fingerprint density at radius 2 is 1.78 bits per heavy atom. The van der Waals surface area contributed by atoms with Crippen molar-refractivity contribution in [3.8, 4) is 17.6 Å². The Hall–Kier alpha value is -4.78. The van der Waals surface area contributed by atoms with Gasteiger partial charge in [0.2, 0.25) is 5.89 Å². The van der Waals surface area contributed by atoms with Gasteiger partial charge in [-0.05, 0) is 73.6 Å². The van der Waals surface area contributed by atoms with Gasteiger partial charge in [0.1, 0.15) is 17.8 Å². The van der Waals surface area contributed by atoms with E-state index in [2.05, 4.69) is 27.9 Å². The highest BCUT2D eigenvalue weighted by Crippen LogP contribution is 2.56. The maximum absolute atomic E-state index is 15.6. The maximum Gasteiger partial charge on any atom is 0.271 e. The molecule has 260 valence electrons. The number of rotatable bonds is 9. The highest BCUT2D eigenvalue weighted by molar-refractivity contribution is 7.93. The van der Waals surface area contributed by atoms with E-state index in [1.165, 1.54) is 63.1 Å². The maximum atomic E-state index is 15.6. The minimum absolute atomic E-state index is 0.0305. The molecule has 3 aliphatic heterocycles. The lowest BCUT2D eigenvalue weighted by atomic mass is 9.79. The number of likely N-dealkylation sites (N-methyl/N-ethyl adjacent to an activating group) is 1. The number of hydrogen-bond acceptors (Lipinski definition) is 12. The normalized spacial score (nSPS) is 23.2. The number of benzene rings is 3. The number of β-amino-alcohol motifs (C(OH)–C–C–N with tert-alkyl or cyclic N) is 1. The Balaban J connectivity index is 1.49. The highest BCUT2D eigenvalue weighted by atomic mass is 32.2. The van der Waals surface area contributed by atoms with Gasteiger partial charge in [-0.2, -0.15) is 5.26 Å². The van der Waals surface area contributed by atoms with Crippen molar-refractivity contribution in [2.75, 3.05) is 58.3 Å². The van der Waals surface area contributed by atoms with Crippen LogP contribution in [0.1, 0.15) is 40.6 Å². The predicted octanol–water partition coefficient (Wildman–Crippen LogP) is 3.10. The van der Waals surface area contributed by atoms with Gasteiger partial charge in [-0.15, -0.1) is 0 Å². The SMILES string of the molecule is COc1ccc(S(=O)(=O)N2C(=O)C(c3cc(CN4CCN(C)CC4)ccc3OC)(N3C[C@H](O)C[C@H]3c3ncco3)c3cc(C#N)ccc32)cc1. The van der Waals surface area contributed by atoms with Crippen LogP contribution in [0.2, 0.25) is 0 Å². The summed E-state index contributed by atoms with van der Waals surface area (Å²) in [7, 11) is 0.528. The Morgan fingerprint density at radius 3 is 2.44 bits per heavy atom. The van der Waals surface area contributed by atoms with Crippen LogP contribution in [-0.2, 0) is 26.9 Å². The number of piperazine rings is 1. The Morgan fingerprint density at radius 1 is 1.02 bits per heavy atom. The molecular formula is C36H38N6O7S. The van der Waals surface area contributed by atoms with Crippen molar-refractivity contribution in [2.24, 2.45) is 0 Å². The molecule has 0 aliphatic carbocycles. The number of amides is 1. The third-order valence-electron chi connectivity index (χ3n) is 9.93. The van der Waals surface area contributed by atoms with Crippen molar-refractivity contribution >= 4 is 21.6 Å². The fraction of sp³-hybridized carbons (Fsp3) is 0.361. The number of nitriles is 1. The smallest absolute Gasteiger partial charge is 0.271 e. The molecule has 3 aromatic carbocycles. The summed E-state index contributed by atoms with van der Waals surface area (Å²) in [6, 6.07) is 17.4. The second kappa shape index (κ2) is 13.2. The highest BCUT2D eigenvalue weighted by Gasteiger charge is 2.63. The molecule has 13 nitrogen and oxygen atoms in total. The average Bonchev–Trinajstić information content (AvgIpc) is 3.86. The Labute approximate surface area is 290 Å². The van der Waals surface area contributed by atoms with E-state index in [0.717, 1.165) is 36.0 Å². The first-order valence-electron chi connectivity index (χ1n) is 16.3. The van der Waals surface area contributed by atoms with Gasteiger partial charge in [-0.1, -0.05) is 6.07 Å². The second-order valence-electron chi connectivity index (χ2n) is 12.8. The summed E-state index contributed by atoms with van der Waals surface area (Å²) in [6.45, 7) is 4.09. The van der Waals surface area contributed by atoms with Gasteiger partial charge in [-0.25, -0.2) is 17.7 Å². The van der Waals surface area contributed by atoms with Crippen molar-refractivity contribution in [1.29, 1.82) is 5.26 Å². The molecule has 3 aliphatic rings.